The van der Waals surface area contributed by atoms with Crippen molar-refractivity contribution in [2.75, 3.05) is 0 Å². The summed E-state index contributed by atoms with van der Waals surface area (Å²) in [5.41, 5.74) is 2.45. The number of hydrogen-bond acceptors (Lipinski definition) is 2. The molecule has 2 aromatic rings. The van der Waals surface area contributed by atoms with Crippen LogP contribution < -0.4 is 0 Å². The molecular formula is C12H13NO4. The van der Waals surface area contributed by atoms with Crippen molar-refractivity contribution in [3.8, 4) is 0 Å². The molecule has 0 atom stereocenters. The van der Waals surface area contributed by atoms with E-state index >= 15 is 0 Å². The summed E-state index contributed by atoms with van der Waals surface area (Å²) in [4.78, 5) is 22.1. The van der Waals surface area contributed by atoms with Gasteiger partial charge in [0.25, 0.3) is 0 Å². The van der Waals surface area contributed by atoms with Crippen LogP contribution >= 0.6 is 0 Å². The summed E-state index contributed by atoms with van der Waals surface area (Å²) >= 11 is 0. The first-order valence-electron chi connectivity index (χ1n) is 4.97. The summed E-state index contributed by atoms with van der Waals surface area (Å²) in [5, 5.41) is 16.7. The lowest BCUT2D eigenvalue weighted by Crippen LogP contribution is -2.03. The van der Waals surface area contributed by atoms with Crippen LogP contribution in [0.3, 0.4) is 0 Å². The number of para-hydroxylation sites is 1. The van der Waals surface area contributed by atoms with E-state index in [1.165, 1.54) is 16.6 Å². The molecule has 1 aromatic carbocycles. The van der Waals surface area contributed by atoms with Gasteiger partial charge in [-0.15, -0.1) is 0 Å². The maximum absolute atomic E-state index is 9.43. The normalized spacial score (nSPS) is 9.47. The molecule has 2 rings (SSSR count). The number of fused-ring (bicyclic) bond motifs is 1. The van der Waals surface area contributed by atoms with E-state index in [4.69, 9.17) is 10.2 Å². The minimum atomic E-state index is -1.31. The number of aliphatic carboxylic acids is 2. The Morgan fingerprint density at radius 1 is 1.18 bits per heavy atom. The zero-order valence-electron chi connectivity index (χ0n) is 9.30. The predicted molar refractivity (Wildman–Crippen MR) is 62.9 cm³/mol. The molecule has 1 heterocycles. The third-order valence-electron chi connectivity index (χ3n) is 1.97. The molecule has 0 radical (unpaired) electrons. The Balaban J connectivity index is 0.000000185. The van der Waals surface area contributed by atoms with Crippen molar-refractivity contribution in [3.63, 3.8) is 0 Å². The van der Waals surface area contributed by atoms with E-state index in [0.717, 1.165) is 0 Å². The number of carboxylic acid groups (broad SMARTS) is 2. The van der Waals surface area contributed by atoms with Crippen molar-refractivity contribution in [2.45, 2.75) is 13.3 Å². The van der Waals surface area contributed by atoms with Crippen LogP contribution in [0.15, 0.2) is 30.3 Å². The van der Waals surface area contributed by atoms with E-state index in [1.54, 1.807) is 0 Å². The van der Waals surface area contributed by atoms with E-state index < -0.39 is 18.4 Å². The fourth-order valence-corrected chi connectivity index (χ4v) is 1.35. The number of nitrogens with one attached hydrogen (secondary N) is 1. The number of aromatic amines is 1. The van der Waals surface area contributed by atoms with Gasteiger partial charge in [-0.3, -0.25) is 9.59 Å². The molecular weight excluding hydrogens is 222 g/mol. The number of aryl methyl sites for hydroxylation is 1. The SMILES string of the molecule is Cc1cc2ccccc2[nH]1.O=C(O)CC(=O)O. The molecule has 0 unspecified atom stereocenters. The first-order chi connectivity index (χ1) is 7.99. The minimum Gasteiger partial charge on any atom is -0.481 e. The van der Waals surface area contributed by atoms with Crippen LogP contribution in [0.5, 0.6) is 0 Å². The summed E-state index contributed by atoms with van der Waals surface area (Å²) in [6.45, 7) is 2.07. The number of carbonyl (C=O) groups is 2. The van der Waals surface area contributed by atoms with Crippen molar-refractivity contribution in [1.82, 2.24) is 4.98 Å². The van der Waals surface area contributed by atoms with Crippen molar-refractivity contribution in [3.05, 3.63) is 36.0 Å². The van der Waals surface area contributed by atoms with Gasteiger partial charge in [-0.2, -0.15) is 0 Å². The van der Waals surface area contributed by atoms with Crippen molar-refractivity contribution >= 4 is 22.8 Å². The zero-order valence-corrected chi connectivity index (χ0v) is 9.30. The smallest absolute Gasteiger partial charge is 0.314 e. The lowest BCUT2D eigenvalue weighted by atomic mass is 10.2. The molecule has 0 saturated carbocycles. The highest BCUT2D eigenvalue weighted by Gasteiger charge is 2.01. The molecule has 90 valence electrons. The summed E-state index contributed by atoms with van der Waals surface area (Å²) in [5.74, 6) is -2.62. The fourth-order valence-electron chi connectivity index (χ4n) is 1.35. The van der Waals surface area contributed by atoms with Crippen LogP contribution in [-0.4, -0.2) is 27.1 Å². The van der Waals surface area contributed by atoms with Crippen LogP contribution in [0, 0.1) is 6.92 Å². The van der Waals surface area contributed by atoms with Gasteiger partial charge < -0.3 is 15.2 Å². The Morgan fingerprint density at radius 2 is 1.76 bits per heavy atom. The van der Waals surface area contributed by atoms with Crippen LogP contribution in [0.4, 0.5) is 0 Å². The second-order valence-electron chi connectivity index (χ2n) is 3.50. The second kappa shape index (κ2) is 5.69. The maximum Gasteiger partial charge on any atom is 0.314 e. The largest absolute Gasteiger partial charge is 0.481 e. The van der Waals surface area contributed by atoms with Gasteiger partial charge in [0, 0.05) is 11.2 Å². The zero-order chi connectivity index (χ0) is 12.8. The molecule has 0 aliphatic carbocycles. The molecule has 17 heavy (non-hydrogen) atoms. The highest BCUT2D eigenvalue weighted by molar-refractivity contribution is 5.88. The number of rotatable bonds is 2. The molecule has 0 spiro atoms. The Bertz CT molecular complexity index is 485. The van der Waals surface area contributed by atoms with E-state index in [2.05, 4.69) is 36.2 Å². The standard InChI is InChI=1S/C9H9N.C3H4O4/c1-7-6-8-4-2-3-5-9(8)10-7;4-2(5)1-3(6)7/h2-6,10H,1H3;1H2,(H,4,5)(H,6,7). The molecule has 0 bridgehead atoms. The number of hydrogen-bond donors (Lipinski definition) is 3. The van der Waals surface area contributed by atoms with E-state index in [-0.39, 0.29) is 0 Å². The van der Waals surface area contributed by atoms with Gasteiger partial charge in [-0.1, -0.05) is 18.2 Å². The van der Waals surface area contributed by atoms with Gasteiger partial charge in [0.15, 0.2) is 0 Å². The van der Waals surface area contributed by atoms with Crippen LogP contribution in [0.1, 0.15) is 12.1 Å². The first-order valence-corrected chi connectivity index (χ1v) is 4.97. The van der Waals surface area contributed by atoms with Gasteiger partial charge >= 0.3 is 11.9 Å². The Hall–Kier alpha value is -2.30. The van der Waals surface area contributed by atoms with Gasteiger partial charge in [0.05, 0.1) is 0 Å². The van der Waals surface area contributed by atoms with Crippen LogP contribution in [0.25, 0.3) is 10.9 Å². The number of benzene rings is 1. The third kappa shape index (κ3) is 4.38. The van der Waals surface area contributed by atoms with Gasteiger partial charge in [0.1, 0.15) is 6.42 Å². The molecule has 0 saturated heterocycles. The first kappa shape index (κ1) is 12.8. The molecule has 0 aliphatic rings. The quantitative estimate of drug-likeness (QED) is 0.694. The second-order valence-corrected chi connectivity index (χ2v) is 3.50. The van der Waals surface area contributed by atoms with Gasteiger partial charge in [0.2, 0.25) is 0 Å². The van der Waals surface area contributed by atoms with Crippen molar-refractivity contribution in [1.29, 1.82) is 0 Å². The van der Waals surface area contributed by atoms with E-state index in [9.17, 15) is 9.59 Å². The Kier molecular flexibility index (Phi) is 4.28. The number of aromatic nitrogens is 1. The van der Waals surface area contributed by atoms with Crippen molar-refractivity contribution in [2.24, 2.45) is 0 Å². The monoisotopic (exact) mass is 235 g/mol. The predicted octanol–water partition coefficient (Wildman–Crippen LogP) is 2.02. The molecule has 0 amide bonds. The molecule has 0 aliphatic heterocycles. The summed E-state index contributed by atoms with van der Waals surface area (Å²) in [6.07, 6.45) is -0.806. The van der Waals surface area contributed by atoms with Crippen molar-refractivity contribution < 1.29 is 19.8 Å². The highest BCUT2D eigenvalue weighted by Crippen LogP contribution is 2.12. The van der Waals surface area contributed by atoms with E-state index in [1.807, 2.05) is 6.07 Å². The third-order valence-corrected chi connectivity index (χ3v) is 1.97. The van der Waals surface area contributed by atoms with Gasteiger partial charge in [-0.25, -0.2) is 0 Å². The van der Waals surface area contributed by atoms with E-state index in [0.29, 0.717) is 0 Å². The molecule has 1 aromatic heterocycles. The lowest BCUT2D eigenvalue weighted by molar-refractivity contribution is -0.147. The fraction of sp³-hybridized carbons (Fsp3) is 0.167. The summed E-state index contributed by atoms with van der Waals surface area (Å²) in [7, 11) is 0. The topological polar surface area (TPSA) is 90.4 Å². The Morgan fingerprint density at radius 3 is 2.24 bits per heavy atom. The van der Waals surface area contributed by atoms with Crippen LogP contribution in [-0.2, 0) is 9.59 Å². The number of carboxylic acids is 2. The summed E-state index contributed by atoms with van der Waals surface area (Å²) < 4.78 is 0. The molecule has 5 nitrogen and oxygen atoms in total. The van der Waals surface area contributed by atoms with Crippen LogP contribution in [0.2, 0.25) is 0 Å². The molecule has 0 fully saturated rings. The summed E-state index contributed by atoms with van der Waals surface area (Å²) in [6, 6.07) is 10.4. The maximum atomic E-state index is 9.43. The highest BCUT2D eigenvalue weighted by atomic mass is 16.4. The van der Waals surface area contributed by atoms with Gasteiger partial charge in [-0.05, 0) is 24.4 Å². The average Bonchev–Trinajstić information content (AvgIpc) is 2.56. The Labute approximate surface area is 97.7 Å². The minimum absolute atomic E-state index is 0.806. The number of H-pyrrole nitrogens is 1. The average molecular weight is 235 g/mol. The molecule has 3 N–H and O–H groups in total. The molecule has 5 heteroatoms. The lowest BCUT2D eigenvalue weighted by Gasteiger charge is -1.83.